The highest BCUT2D eigenvalue weighted by molar-refractivity contribution is 8.00. The number of rotatable bonds is 2. The number of nitrogens with two attached hydrogens (primary N) is 1. The first-order chi connectivity index (χ1) is 9.13. The lowest BCUT2D eigenvalue weighted by molar-refractivity contribution is 0.387. The first-order valence-electron chi connectivity index (χ1n) is 6.33. The van der Waals surface area contributed by atoms with Crippen LogP contribution in [0.3, 0.4) is 0 Å². The van der Waals surface area contributed by atoms with Crippen molar-refractivity contribution in [1.82, 2.24) is 4.31 Å². The summed E-state index contributed by atoms with van der Waals surface area (Å²) in [6.45, 7) is 6.38. The van der Waals surface area contributed by atoms with E-state index in [4.69, 9.17) is 5.73 Å². The monoisotopic (exact) mass is 318 g/mol. The van der Waals surface area contributed by atoms with Crippen LogP contribution in [0.2, 0.25) is 0 Å². The normalized spacial score (nSPS) is 20.0. The van der Waals surface area contributed by atoms with E-state index in [0.717, 1.165) is 11.8 Å². The van der Waals surface area contributed by atoms with Gasteiger partial charge in [0.15, 0.2) is 0 Å². The zero-order chi connectivity index (χ0) is 15.1. The van der Waals surface area contributed by atoms with Gasteiger partial charge in [-0.3, -0.25) is 0 Å². The molecule has 0 spiro atoms. The van der Waals surface area contributed by atoms with Gasteiger partial charge < -0.3 is 5.73 Å². The molecule has 112 valence electrons. The van der Waals surface area contributed by atoms with E-state index in [1.54, 1.807) is 11.8 Å². The summed E-state index contributed by atoms with van der Waals surface area (Å²) < 4.78 is 40.2. The Bertz CT molecular complexity index is 606. The SMILES string of the molecule is Cc1c(N)cc(S(=O)(=O)N2CCSC(C)(C)C2)cc1F. The van der Waals surface area contributed by atoms with Crippen LogP contribution in [0.25, 0.3) is 0 Å². The average Bonchev–Trinajstić information content (AvgIpc) is 2.34. The molecule has 1 heterocycles. The van der Waals surface area contributed by atoms with Crippen molar-refractivity contribution in [2.45, 2.75) is 30.4 Å². The summed E-state index contributed by atoms with van der Waals surface area (Å²) in [5.41, 5.74) is 6.11. The van der Waals surface area contributed by atoms with E-state index >= 15 is 0 Å². The predicted molar refractivity (Wildman–Crippen MR) is 80.8 cm³/mol. The quantitative estimate of drug-likeness (QED) is 0.849. The van der Waals surface area contributed by atoms with Crippen molar-refractivity contribution >= 4 is 27.5 Å². The predicted octanol–water partition coefficient (Wildman–Crippen LogP) is 2.23. The smallest absolute Gasteiger partial charge is 0.243 e. The topological polar surface area (TPSA) is 63.4 Å². The lowest BCUT2D eigenvalue weighted by atomic mass is 10.2. The number of anilines is 1. The number of hydrogen-bond donors (Lipinski definition) is 1. The lowest BCUT2D eigenvalue weighted by Crippen LogP contribution is -2.46. The Morgan fingerprint density at radius 1 is 1.40 bits per heavy atom. The Hall–Kier alpha value is -0.790. The van der Waals surface area contributed by atoms with Gasteiger partial charge >= 0.3 is 0 Å². The number of nitrogen functional groups attached to an aromatic ring is 1. The third kappa shape index (κ3) is 2.94. The first-order valence-corrected chi connectivity index (χ1v) is 8.76. The second-order valence-electron chi connectivity index (χ2n) is 5.57. The molecule has 0 bridgehead atoms. The Balaban J connectivity index is 2.40. The molecule has 2 rings (SSSR count). The molecule has 0 aromatic heterocycles. The van der Waals surface area contributed by atoms with Gasteiger partial charge in [-0.25, -0.2) is 12.8 Å². The van der Waals surface area contributed by atoms with Crippen molar-refractivity contribution < 1.29 is 12.8 Å². The van der Waals surface area contributed by atoms with E-state index in [2.05, 4.69) is 0 Å². The third-order valence-electron chi connectivity index (χ3n) is 3.39. The van der Waals surface area contributed by atoms with E-state index in [0.29, 0.717) is 13.1 Å². The molecule has 1 aliphatic rings. The maximum absolute atomic E-state index is 13.7. The lowest BCUT2D eigenvalue weighted by Gasteiger charge is -2.36. The zero-order valence-corrected chi connectivity index (χ0v) is 13.4. The van der Waals surface area contributed by atoms with Gasteiger partial charge in [-0.15, -0.1) is 0 Å². The Kier molecular flexibility index (Phi) is 4.05. The summed E-state index contributed by atoms with van der Waals surface area (Å²) in [4.78, 5) is -0.0687. The number of hydrogen-bond acceptors (Lipinski definition) is 4. The minimum Gasteiger partial charge on any atom is -0.398 e. The van der Waals surface area contributed by atoms with Crippen molar-refractivity contribution in [1.29, 1.82) is 0 Å². The van der Waals surface area contributed by atoms with Gasteiger partial charge in [-0.05, 0) is 32.9 Å². The first kappa shape index (κ1) is 15.6. The highest BCUT2D eigenvalue weighted by Gasteiger charge is 2.35. The molecule has 1 aliphatic heterocycles. The molecule has 0 aliphatic carbocycles. The van der Waals surface area contributed by atoms with E-state index in [1.807, 2.05) is 13.8 Å². The molecule has 7 heteroatoms. The standard InChI is InChI=1S/C13H19FN2O2S2/c1-9-11(14)6-10(7-12(9)15)20(17,18)16-4-5-19-13(2,3)8-16/h6-7H,4-5,8,15H2,1-3H3. The molecule has 0 unspecified atom stereocenters. The van der Waals surface area contributed by atoms with Crippen LogP contribution in [0.5, 0.6) is 0 Å². The molecule has 1 aromatic carbocycles. The van der Waals surface area contributed by atoms with Crippen LogP contribution in [0.15, 0.2) is 17.0 Å². The summed E-state index contributed by atoms with van der Waals surface area (Å²) in [5, 5.41) is 0. The Labute approximate surface area is 123 Å². The van der Waals surface area contributed by atoms with Crippen molar-refractivity contribution in [3.63, 3.8) is 0 Å². The van der Waals surface area contributed by atoms with E-state index in [9.17, 15) is 12.8 Å². The van der Waals surface area contributed by atoms with Gasteiger partial charge in [0.25, 0.3) is 0 Å². The van der Waals surface area contributed by atoms with Crippen LogP contribution in [0.4, 0.5) is 10.1 Å². The fraction of sp³-hybridized carbons (Fsp3) is 0.538. The summed E-state index contributed by atoms with van der Waals surface area (Å²) in [5.74, 6) is 0.144. The van der Waals surface area contributed by atoms with Gasteiger partial charge in [0.2, 0.25) is 10.0 Å². The van der Waals surface area contributed by atoms with Crippen molar-refractivity contribution in [2.75, 3.05) is 24.6 Å². The van der Waals surface area contributed by atoms with Crippen LogP contribution in [0.1, 0.15) is 19.4 Å². The fourth-order valence-electron chi connectivity index (χ4n) is 2.15. The zero-order valence-electron chi connectivity index (χ0n) is 11.8. The van der Waals surface area contributed by atoms with Gasteiger partial charge in [-0.1, -0.05) is 0 Å². The fourth-order valence-corrected chi connectivity index (χ4v) is 5.11. The molecule has 2 N–H and O–H groups in total. The maximum atomic E-state index is 13.7. The minimum absolute atomic E-state index is 0.0687. The average molecular weight is 318 g/mol. The molecule has 0 atom stereocenters. The van der Waals surface area contributed by atoms with Crippen LogP contribution in [-0.4, -0.2) is 36.3 Å². The van der Waals surface area contributed by atoms with Crippen LogP contribution in [0, 0.1) is 12.7 Å². The Morgan fingerprint density at radius 3 is 2.60 bits per heavy atom. The van der Waals surface area contributed by atoms with Crippen molar-refractivity contribution in [3.8, 4) is 0 Å². The molecule has 1 aromatic rings. The van der Waals surface area contributed by atoms with Gasteiger partial charge in [0, 0.05) is 34.8 Å². The highest BCUT2D eigenvalue weighted by atomic mass is 32.2. The molecular weight excluding hydrogens is 299 g/mol. The molecule has 1 fully saturated rings. The highest BCUT2D eigenvalue weighted by Crippen LogP contribution is 2.33. The summed E-state index contributed by atoms with van der Waals surface area (Å²) in [6.07, 6.45) is 0. The number of nitrogens with zero attached hydrogens (tertiary/aromatic N) is 1. The van der Waals surface area contributed by atoms with E-state index in [1.165, 1.54) is 17.3 Å². The molecule has 0 radical (unpaired) electrons. The number of halogens is 1. The number of thioether (sulfide) groups is 1. The van der Waals surface area contributed by atoms with Gasteiger partial charge in [-0.2, -0.15) is 16.1 Å². The summed E-state index contributed by atoms with van der Waals surface area (Å²) in [6, 6.07) is 2.39. The largest absolute Gasteiger partial charge is 0.398 e. The Morgan fingerprint density at radius 2 is 2.05 bits per heavy atom. The second kappa shape index (κ2) is 5.20. The van der Waals surface area contributed by atoms with Crippen molar-refractivity contribution in [3.05, 3.63) is 23.5 Å². The molecule has 20 heavy (non-hydrogen) atoms. The number of benzene rings is 1. The minimum atomic E-state index is -3.69. The molecule has 1 saturated heterocycles. The van der Waals surface area contributed by atoms with E-state index < -0.39 is 15.8 Å². The second-order valence-corrected chi connectivity index (χ2v) is 9.31. The molecule has 0 amide bonds. The van der Waals surface area contributed by atoms with Crippen LogP contribution in [-0.2, 0) is 10.0 Å². The molecule has 4 nitrogen and oxygen atoms in total. The van der Waals surface area contributed by atoms with Crippen LogP contribution >= 0.6 is 11.8 Å². The molecule has 0 saturated carbocycles. The van der Waals surface area contributed by atoms with Crippen molar-refractivity contribution in [2.24, 2.45) is 0 Å². The van der Waals surface area contributed by atoms with Gasteiger partial charge in [0.1, 0.15) is 5.82 Å². The summed E-state index contributed by atoms with van der Waals surface area (Å²) in [7, 11) is -3.69. The van der Waals surface area contributed by atoms with Gasteiger partial charge in [0.05, 0.1) is 4.90 Å². The summed E-state index contributed by atoms with van der Waals surface area (Å²) >= 11 is 1.74. The maximum Gasteiger partial charge on any atom is 0.243 e. The molecular formula is C13H19FN2O2S2. The number of sulfonamides is 1. The van der Waals surface area contributed by atoms with E-state index in [-0.39, 0.29) is 20.9 Å². The third-order valence-corrected chi connectivity index (χ3v) is 6.51. The van der Waals surface area contributed by atoms with Crippen LogP contribution < -0.4 is 5.73 Å².